The van der Waals surface area contributed by atoms with E-state index < -0.39 is 0 Å². The van der Waals surface area contributed by atoms with Gasteiger partial charge in [0.25, 0.3) is 11.5 Å². The van der Waals surface area contributed by atoms with Crippen molar-refractivity contribution < 1.29 is 4.79 Å². The molecule has 4 aromatic rings. The standard InChI is InChI=1S/C25H20N4O2/c1-16-13-24(30)28-29(16)20-10-8-19(9-11-20)26-15-22-21-12-7-18(14-23(21)27-25(22)31)17-5-3-2-4-6-17/h2-15,26H,1H3,(H,27,31)(H,28,30). The Morgan fingerprint density at radius 1 is 0.871 bits per heavy atom. The summed E-state index contributed by atoms with van der Waals surface area (Å²) in [7, 11) is 0. The van der Waals surface area contributed by atoms with Gasteiger partial charge >= 0.3 is 0 Å². The highest BCUT2D eigenvalue weighted by atomic mass is 16.2. The summed E-state index contributed by atoms with van der Waals surface area (Å²) in [6, 6.07) is 25.2. The highest BCUT2D eigenvalue weighted by Gasteiger charge is 2.24. The number of fused-ring (bicyclic) bond motifs is 1. The zero-order chi connectivity index (χ0) is 21.4. The SMILES string of the molecule is Cc1cc(=O)[nH]n1-c1ccc(NC=C2C(=O)Nc3cc(-c4ccccc4)ccc32)cc1. The van der Waals surface area contributed by atoms with Crippen molar-refractivity contribution in [3.05, 3.63) is 107 Å². The van der Waals surface area contributed by atoms with Gasteiger partial charge in [0.15, 0.2) is 0 Å². The number of hydrogen-bond donors (Lipinski definition) is 3. The van der Waals surface area contributed by atoms with Crippen molar-refractivity contribution in [3.8, 4) is 16.8 Å². The monoisotopic (exact) mass is 408 g/mol. The molecule has 0 atom stereocenters. The molecule has 6 nitrogen and oxygen atoms in total. The summed E-state index contributed by atoms with van der Waals surface area (Å²) < 4.78 is 1.73. The number of carbonyl (C=O) groups excluding carboxylic acids is 1. The number of H-pyrrole nitrogens is 1. The van der Waals surface area contributed by atoms with Gasteiger partial charge in [-0.05, 0) is 48.4 Å². The average Bonchev–Trinajstić information content (AvgIpc) is 3.29. The maximum absolute atomic E-state index is 12.5. The number of aryl methyl sites for hydroxylation is 1. The number of benzene rings is 3. The Kier molecular flexibility index (Phi) is 4.52. The summed E-state index contributed by atoms with van der Waals surface area (Å²) in [4.78, 5) is 24.0. The van der Waals surface area contributed by atoms with E-state index in [1.165, 1.54) is 0 Å². The third-order valence-electron chi connectivity index (χ3n) is 5.33. The van der Waals surface area contributed by atoms with Crippen LogP contribution in [0.5, 0.6) is 0 Å². The van der Waals surface area contributed by atoms with Crippen LogP contribution in [0.25, 0.3) is 22.4 Å². The Morgan fingerprint density at radius 3 is 2.35 bits per heavy atom. The van der Waals surface area contributed by atoms with Crippen LogP contribution in [0.1, 0.15) is 11.3 Å². The lowest BCUT2D eigenvalue weighted by Gasteiger charge is -2.07. The summed E-state index contributed by atoms with van der Waals surface area (Å²) in [6.45, 7) is 1.87. The molecule has 3 N–H and O–H groups in total. The Morgan fingerprint density at radius 2 is 1.65 bits per heavy atom. The highest BCUT2D eigenvalue weighted by Crippen LogP contribution is 2.35. The molecule has 0 unspecified atom stereocenters. The average molecular weight is 408 g/mol. The first-order valence-electron chi connectivity index (χ1n) is 9.95. The second-order valence-corrected chi connectivity index (χ2v) is 7.43. The predicted molar refractivity (Wildman–Crippen MR) is 123 cm³/mol. The van der Waals surface area contributed by atoms with Crippen LogP contribution >= 0.6 is 0 Å². The van der Waals surface area contributed by atoms with Crippen LogP contribution in [0.3, 0.4) is 0 Å². The first kappa shape index (κ1) is 18.7. The van der Waals surface area contributed by atoms with Crippen LogP contribution in [0.2, 0.25) is 0 Å². The minimum absolute atomic E-state index is 0.134. The van der Waals surface area contributed by atoms with Crippen molar-refractivity contribution in [1.29, 1.82) is 0 Å². The van der Waals surface area contributed by atoms with E-state index in [4.69, 9.17) is 0 Å². The van der Waals surface area contributed by atoms with Crippen LogP contribution in [0, 0.1) is 6.92 Å². The van der Waals surface area contributed by atoms with Gasteiger partial charge in [0.05, 0.1) is 11.3 Å². The number of rotatable bonds is 4. The van der Waals surface area contributed by atoms with E-state index in [1.54, 1.807) is 16.9 Å². The fraction of sp³-hybridized carbons (Fsp3) is 0.0400. The molecule has 1 aliphatic rings. The minimum Gasteiger partial charge on any atom is -0.361 e. The molecule has 0 fully saturated rings. The van der Waals surface area contributed by atoms with Gasteiger partial charge in [-0.3, -0.25) is 19.4 Å². The molecule has 1 aliphatic heterocycles. The fourth-order valence-electron chi connectivity index (χ4n) is 3.76. The van der Waals surface area contributed by atoms with E-state index in [2.05, 4.69) is 15.7 Å². The highest BCUT2D eigenvalue weighted by molar-refractivity contribution is 6.31. The summed E-state index contributed by atoms with van der Waals surface area (Å²) in [6.07, 6.45) is 1.72. The van der Waals surface area contributed by atoms with Crippen LogP contribution < -0.4 is 16.2 Å². The molecular weight excluding hydrogens is 388 g/mol. The molecule has 5 rings (SSSR count). The molecule has 3 aromatic carbocycles. The molecule has 0 aliphatic carbocycles. The van der Waals surface area contributed by atoms with Crippen molar-refractivity contribution in [1.82, 2.24) is 9.78 Å². The number of carbonyl (C=O) groups is 1. The number of hydrogen-bond acceptors (Lipinski definition) is 3. The van der Waals surface area contributed by atoms with Crippen molar-refractivity contribution in [2.45, 2.75) is 6.92 Å². The summed E-state index contributed by atoms with van der Waals surface area (Å²) >= 11 is 0. The smallest absolute Gasteiger partial charge is 0.264 e. The number of nitrogens with one attached hydrogen (secondary N) is 3. The lowest BCUT2D eigenvalue weighted by Crippen LogP contribution is -2.05. The largest absolute Gasteiger partial charge is 0.361 e. The van der Waals surface area contributed by atoms with Crippen LogP contribution in [-0.4, -0.2) is 15.7 Å². The molecule has 1 aromatic heterocycles. The first-order chi connectivity index (χ1) is 15.1. The number of amides is 1. The third kappa shape index (κ3) is 3.55. The minimum atomic E-state index is -0.134. The molecule has 0 spiro atoms. The van der Waals surface area contributed by atoms with Crippen molar-refractivity contribution in [3.63, 3.8) is 0 Å². The van der Waals surface area contributed by atoms with Gasteiger partial charge in [0.1, 0.15) is 0 Å². The Bertz CT molecular complexity index is 1360. The lowest BCUT2D eigenvalue weighted by atomic mass is 10.0. The van der Waals surface area contributed by atoms with Crippen molar-refractivity contribution >= 4 is 22.9 Å². The maximum Gasteiger partial charge on any atom is 0.264 e. The van der Waals surface area contributed by atoms with E-state index in [-0.39, 0.29) is 11.5 Å². The lowest BCUT2D eigenvalue weighted by molar-refractivity contribution is -0.110. The van der Waals surface area contributed by atoms with Crippen LogP contribution in [0.4, 0.5) is 11.4 Å². The number of aromatic amines is 1. The van der Waals surface area contributed by atoms with Gasteiger partial charge in [-0.1, -0.05) is 42.5 Å². The van der Waals surface area contributed by atoms with E-state index in [9.17, 15) is 9.59 Å². The number of aromatic nitrogens is 2. The Hall–Kier alpha value is -4.32. The summed E-state index contributed by atoms with van der Waals surface area (Å²) in [5.74, 6) is -0.134. The molecule has 1 amide bonds. The molecule has 0 radical (unpaired) electrons. The van der Waals surface area contributed by atoms with Crippen molar-refractivity contribution in [2.24, 2.45) is 0 Å². The molecule has 0 saturated carbocycles. The summed E-state index contributed by atoms with van der Waals surface area (Å²) in [5, 5.41) is 8.91. The van der Waals surface area contributed by atoms with Crippen LogP contribution in [-0.2, 0) is 4.79 Å². The Balaban J connectivity index is 1.38. The van der Waals surface area contributed by atoms with Gasteiger partial charge in [-0.15, -0.1) is 0 Å². The number of nitrogens with zero attached hydrogens (tertiary/aromatic N) is 1. The second kappa shape index (κ2) is 7.50. The van der Waals surface area contributed by atoms with E-state index in [0.29, 0.717) is 5.57 Å². The van der Waals surface area contributed by atoms with Gasteiger partial charge in [0.2, 0.25) is 0 Å². The third-order valence-corrected chi connectivity index (χ3v) is 5.33. The normalized spacial score (nSPS) is 13.8. The predicted octanol–water partition coefficient (Wildman–Crippen LogP) is 4.55. The zero-order valence-electron chi connectivity index (χ0n) is 16.8. The molecule has 6 heteroatoms. The topological polar surface area (TPSA) is 78.9 Å². The summed E-state index contributed by atoms with van der Waals surface area (Å²) in [5.41, 5.74) is 6.83. The quantitative estimate of drug-likeness (QED) is 0.434. The number of anilines is 2. The molecule has 31 heavy (non-hydrogen) atoms. The molecular formula is C25H20N4O2. The van der Waals surface area contributed by atoms with Gasteiger partial charge in [-0.2, -0.15) is 0 Å². The molecule has 2 heterocycles. The fourth-order valence-corrected chi connectivity index (χ4v) is 3.76. The van der Waals surface area contributed by atoms with Crippen molar-refractivity contribution in [2.75, 3.05) is 10.6 Å². The van der Waals surface area contributed by atoms with Crippen LogP contribution in [0.15, 0.2) is 89.9 Å². The Labute approximate surface area is 178 Å². The molecule has 152 valence electrons. The van der Waals surface area contributed by atoms with Gasteiger partial charge in [0, 0.05) is 34.9 Å². The second-order valence-electron chi connectivity index (χ2n) is 7.43. The maximum atomic E-state index is 12.5. The molecule has 0 saturated heterocycles. The van der Waals surface area contributed by atoms with Gasteiger partial charge < -0.3 is 10.6 Å². The van der Waals surface area contributed by atoms with Gasteiger partial charge in [-0.25, -0.2) is 0 Å². The first-order valence-corrected chi connectivity index (χ1v) is 9.95. The van der Waals surface area contributed by atoms with E-state index >= 15 is 0 Å². The van der Waals surface area contributed by atoms with E-state index in [1.807, 2.05) is 79.7 Å². The molecule has 0 bridgehead atoms. The van der Waals surface area contributed by atoms with E-state index in [0.717, 1.165) is 39.4 Å². The zero-order valence-corrected chi connectivity index (χ0v) is 16.8.